The van der Waals surface area contributed by atoms with Gasteiger partial charge in [-0.2, -0.15) is 0 Å². The molecule has 6 nitrogen and oxygen atoms in total. The van der Waals surface area contributed by atoms with Crippen molar-refractivity contribution < 1.29 is 4.79 Å². The normalized spacial score (nSPS) is 12.2. The molecular formula is C15H21N5OS. The van der Waals surface area contributed by atoms with Gasteiger partial charge in [0.05, 0.1) is 6.04 Å². The van der Waals surface area contributed by atoms with Gasteiger partial charge in [-0.1, -0.05) is 41.2 Å². The van der Waals surface area contributed by atoms with Gasteiger partial charge in [0, 0.05) is 6.54 Å². The van der Waals surface area contributed by atoms with Crippen LogP contribution in [-0.4, -0.2) is 41.8 Å². The number of benzene rings is 1. The van der Waals surface area contributed by atoms with Crippen LogP contribution in [0, 0.1) is 13.8 Å². The molecule has 0 aliphatic carbocycles. The van der Waals surface area contributed by atoms with E-state index in [0.717, 1.165) is 5.01 Å². The summed E-state index contributed by atoms with van der Waals surface area (Å²) < 4.78 is 0. The maximum atomic E-state index is 11.9. The highest BCUT2D eigenvalue weighted by Gasteiger charge is 2.15. The van der Waals surface area contributed by atoms with Crippen LogP contribution < -0.4 is 10.6 Å². The number of hydrogen-bond donors (Lipinski definition) is 2. The van der Waals surface area contributed by atoms with Gasteiger partial charge in [0.1, 0.15) is 5.01 Å². The van der Waals surface area contributed by atoms with Gasteiger partial charge in [0.2, 0.25) is 5.13 Å². The lowest BCUT2D eigenvalue weighted by Gasteiger charge is -2.25. The Morgan fingerprint density at radius 2 is 1.91 bits per heavy atom. The van der Waals surface area contributed by atoms with E-state index in [0.29, 0.717) is 11.7 Å². The van der Waals surface area contributed by atoms with Crippen LogP contribution in [0.5, 0.6) is 0 Å². The topological polar surface area (TPSA) is 70.1 Å². The minimum Gasteiger partial charge on any atom is -0.336 e. The zero-order chi connectivity index (χ0) is 16.1. The number of urea groups is 1. The van der Waals surface area contributed by atoms with Crippen molar-refractivity contribution in [3.63, 3.8) is 0 Å². The van der Waals surface area contributed by atoms with Crippen LogP contribution in [0.4, 0.5) is 9.93 Å². The molecular weight excluding hydrogens is 298 g/mol. The third-order valence-electron chi connectivity index (χ3n) is 3.29. The van der Waals surface area contributed by atoms with E-state index >= 15 is 0 Å². The average Bonchev–Trinajstić information content (AvgIpc) is 2.86. The smallest absolute Gasteiger partial charge is 0.321 e. The summed E-state index contributed by atoms with van der Waals surface area (Å²) in [5.41, 5.74) is 2.39. The molecule has 0 radical (unpaired) electrons. The number of carbonyl (C=O) groups is 1. The predicted octanol–water partition coefficient (Wildman–Crippen LogP) is 2.58. The van der Waals surface area contributed by atoms with Crippen molar-refractivity contribution in [1.29, 1.82) is 0 Å². The summed E-state index contributed by atoms with van der Waals surface area (Å²) in [6.07, 6.45) is 0. The van der Waals surface area contributed by atoms with Gasteiger partial charge in [0.15, 0.2) is 0 Å². The van der Waals surface area contributed by atoms with E-state index in [4.69, 9.17) is 0 Å². The third kappa shape index (κ3) is 4.51. The Bertz CT molecular complexity index is 623. The molecule has 0 unspecified atom stereocenters. The number of nitrogens with zero attached hydrogens (tertiary/aromatic N) is 3. The molecule has 0 saturated heterocycles. The van der Waals surface area contributed by atoms with Crippen molar-refractivity contribution in [2.24, 2.45) is 0 Å². The van der Waals surface area contributed by atoms with Gasteiger partial charge in [-0.05, 0) is 33.5 Å². The first kappa shape index (κ1) is 16.4. The van der Waals surface area contributed by atoms with E-state index in [1.54, 1.807) is 0 Å². The minimum absolute atomic E-state index is 0.113. The van der Waals surface area contributed by atoms with Crippen molar-refractivity contribution >= 4 is 22.5 Å². The molecule has 0 spiro atoms. The highest BCUT2D eigenvalue weighted by molar-refractivity contribution is 7.15. The standard InChI is InChI=1S/C15H21N5OS/c1-10-5-7-12(8-6-10)13(20(3)4)9-16-14(21)17-15-19-18-11(2)22-15/h5-8,13H,9H2,1-4H3,(H2,16,17,19,21)/t13-/m0/s1. The number of amides is 2. The Hall–Kier alpha value is -1.99. The number of carbonyl (C=O) groups excluding carboxylic acids is 1. The lowest BCUT2D eigenvalue weighted by Crippen LogP contribution is -2.36. The SMILES string of the molecule is Cc1ccc([C@H](CNC(=O)Nc2nnc(C)s2)N(C)C)cc1. The molecule has 0 bridgehead atoms. The Morgan fingerprint density at radius 1 is 1.23 bits per heavy atom. The molecule has 1 aromatic heterocycles. The summed E-state index contributed by atoms with van der Waals surface area (Å²) in [4.78, 5) is 14.0. The molecule has 1 atom stereocenters. The first-order valence-electron chi connectivity index (χ1n) is 7.03. The molecule has 2 rings (SSSR count). The van der Waals surface area contributed by atoms with Crippen molar-refractivity contribution in [3.8, 4) is 0 Å². The summed E-state index contributed by atoms with van der Waals surface area (Å²) in [5.74, 6) is 0. The Kier molecular flexibility index (Phi) is 5.46. The monoisotopic (exact) mass is 319 g/mol. The Morgan fingerprint density at radius 3 is 2.45 bits per heavy atom. The number of aryl methyl sites for hydroxylation is 2. The van der Waals surface area contributed by atoms with Crippen molar-refractivity contribution in [3.05, 3.63) is 40.4 Å². The van der Waals surface area contributed by atoms with Crippen LogP contribution in [0.2, 0.25) is 0 Å². The third-order valence-corrected chi connectivity index (χ3v) is 4.04. The fourth-order valence-corrected chi connectivity index (χ4v) is 2.65. The van der Waals surface area contributed by atoms with Crippen LogP contribution in [0.15, 0.2) is 24.3 Å². The molecule has 1 aromatic carbocycles. The zero-order valence-electron chi connectivity index (χ0n) is 13.3. The second-order valence-corrected chi connectivity index (χ2v) is 6.53. The molecule has 7 heteroatoms. The number of hydrogen-bond acceptors (Lipinski definition) is 5. The fraction of sp³-hybridized carbons (Fsp3) is 0.400. The van der Waals surface area contributed by atoms with Crippen molar-refractivity contribution in [2.75, 3.05) is 26.0 Å². The van der Waals surface area contributed by atoms with Crippen LogP contribution in [0.3, 0.4) is 0 Å². The van der Waals surface area contributed by atoms with Gasteiger partial charge in [-0.3, -0.25) is 5.32 Å². The maximum Gasteiger partial charge on any atom is 0.321 e. The number of nitrogens with one attached hydrogen (secondary N) is 2. The molecule has 0 aliphatic rings. The lowest BCUT2D eigenvalue weighted by atomic mass is 10.0. The first-order valence-corrected chi connectivity index (χ1v) is 7.85. The van der Waals surface area contributed by atoms with E-state index in [9.17, 15) is 4.79 Å². The average molecular weight is 319 g/mol. The van der Waals surface area contributed by atoms with Crippen molar-refractivity contribution in [1.82, 2.24) is 20.4 Å². The zero-order valence-corrected chi connectivity index (χ0v) is 14.1. The summed E-state index contributed by atoms with van der Waals surface area (Å²) in [6.45, 7) is 4.42. The second-order valence-electron chi connectivity index (χ2n) is 5.35. The van der Waals surface area contributed by atoms with Gasteiger partial charge < -0.3 is 10.2 Å². The van der Waals surface area contributed by atoms with Gasteiger partial charge in [0.25, 0.3) is 0 Å². The highest BCUT2D eigenvalue weighted by Crippen LogP contribution is 2.18. The van der Waals surface area contributed by atoms with E-state index in [-0.39, 0.29) is 12.1 Å². The van der Waals surface area contributed by atoms with Crippen molar-refractivity contribution in [2.45, 2.75) is 19.9 Å². The largest absolute Gasteiger partial charge is 0.336 e. The molecule has 118 valence electrons. The van der Waals surface area contributed by atoms with Gasteiger partial charge >= 0.3 is 6.03 Å². The molecule has 2 N–H and O–H groups in total. The molecule has 2 amide bonds. The minimum atomic E-state index is -0.268. The fourth-order valence-electron chi connectivity index (χ4n) is 2.06. The van der Waals surface area contributed by atoms with E-state index in [1.165, 1.54) is 22.5 Å². The van der Waals surface area contributed by atoms with Gasteiger partial charge in [-0.25, -0.2) is 4.79 Å². The van der Waals surface area contributed by atoms with Gasteiger partial charge in [-0.15, -0.1) is 10.2 Å². The summed E-state index contributed by atoms with van der Waals surface area (Å²) >= 11 is 1.35. The Labute approximate surface area is 134 Å². The number of anilines is 1. The van der Waals surface area contributed by atoms with Crippen LogP contribution >= 0.6 is 11.3 Å². The molecule has 0 fully saturated rings. The van der Waals surface area contributed by atoms with E-state index in [2.05, 4.69) is 56.9 Å². The quantitative estimate of drug-likeness (QED) is 0.888. The second kappa shape index (κ2) is 7.33. The molecule has 2 aromatic rings. The summed E-state index contributed by atoms with van der Waals surface area (Å²) in [5, 5.41) is 14.6. The van der Waals surface area contributed by atoms with Crippen LogP contribution in [-0.2, 0) is 0 Å². The summed E-state index contributed by atoms with van der Waals surface area (Å²) in [7, 11) is 4.00. The van der Waals surface area contributed by atoms with Crippen LogP contribution in [0.1, 0.15) is 22.2 Å². The summed E-state index contributed by atoms with van der Waals surface area (Å²) in [6, 6.07) is 8.19. The number of likely N-dealkylation sites (N-methyl/N-ethyl adjacent to an activating group) is 1. The molecule has 0 saturated carbocycles. The first-order chi connectivity index (χ1) is 10.5. The lowest BCUT2D eigenvalue weighted by molar-refractivity contribution is 0.243. The van der Waals surface area contributed by atoms with E-state index < -0.39 is 0 Å². The maximum absolute atomic E-state index is 11.9. The molecule has 1 heterocycles. The van der Waals surface area contributed by atoms with E-state index in [1.807, 2.05) is 21.0 Å². The highest BCUT2D eigenvalue weighted by atomic mass is 32.1. The number of rotatable bonds is 5. The van der Waals surface area contributed by atoms with Crippen LogP contribution in [0.25, 0.3) is 0 Å². The predicted molar refractivity (Wildman–Crippen MR) is 89.3 cm³/mol. The Balaban J connectivity index is 1.94. The molecule has 0 aliphatic heterocycles. The number of aromatic nitrogens is 2. The molecule has 22 heavy (non-hydrogen) atoms.